The van der Waals surface area contributed by atoms with Gasteiger partial charge in [0.15, 0.2) is 0 Å². The normalized spacial score (nSPS) is 16.9. The van der Waals surface area contributed by atoms with Crippen LogP contribution in [-0.2, 0) is 29.0 Å². The summed E-state index contributed by atoms with van der Waals surface area (Å²) >= 11 is 0. The van der Waals surface area contributed by atoms with E-state index < -0.39 is 23.4 Å². The first-order valence-electron chi connectivity index (χ1n) is 14.4. The van der Waals surface area contributed by atoms with E-state index in [1.54, 1.807) is 17.3 Å². The Morgan fingerprint density at radius 2 is 1.80 bits per heavy atom. The van der Waals surface area contributed by atoms with Gasteiger partial charge in [-0.3, -0.25) is 4.79 Å². The number of aromatic nitrogens is 2. The second-order valence-corrected chi connectivity index (χ2v) is 12.1. The topological polar surface area (TPSA) is 125 Å². The van der Waals surface area contributed by atoms with Gasteiger partial charge in [0.05, 0.1) is 12.0 Å². The molecular formula is C32H36FLiN4O6. The minimum atomic E-state index is -0.977. The predicted molar refractivity (Wildman–Crippen MR) is 156 cm³/mol. The van der Waals surface area contributed by atoms with Crippen LogP contribution >= 0.6 is 0 Å². The maximum absolute atomic E-state index is 15.3. The molecule has 0 radical (unpaired) electrons. The predicted octanol–water partition coefficient (Wildman–Crippen LogP) is 1.40. The quantitative estimate of drug-likeness (QED) is 0.312. The molecule has 3 aliphatic heterocycles. The first-order valence-corrected chi connectivity index (χ1v) is 14.4. The molecule has 1 fully saturated rings. The summed E-state index contributed by atoms with van der Waals surface area (Å²) in [7, 11) is 0. The van der Waals surface area contributed by atoms with Crippen molar-refractivity contribution < 1.29 is 52.6 Å². The fourth-order valence-corrected chi connectivity index (χ4v) is 5.96. The molecular weight excluding hydrogens is 562 g/mol. The molecule has 0 saturated carbocycles. The number of likely N-dealkylation sites (tertiary alicyclic amines) is 1. The van der Waals surface area contributed by atoms with E-state index in [4.69, 9.17) is 9.47 Å². The maximum atomic E-state index is 15.3. The number of ether oxygens (including phenoxy) is 2. The van der Waals surface area contributed by atoms with Crippen molar-refractivity contribution in [2.45, 2.75) is 77.3 Å². The summed E-state index contributed by atoms with van der Waals surface area (Å²) in [6.45, 7) is 7.49. The fraction of sp³-hybridized carbons (Fsp3) is 0.438. The van der Waals surface area contributed by atoms with Crippen molar-refractivity contribution in [2.75, 3.05) is 13.1 Å². The first kappa shape index (κ1) is 33.2. The van der Waals surface area contributed by atoms with Crippen LogP contribution in [0.2, 0.25) is 0 Å². The number of fused-ring (bicyclic) bond motifs is 2. The number of nitrogens with zero attached hydrogens (tertiary/aromatic N) is 4. The van der Waals surface area contributed by atoms with E-state index in [0.717, 1.165) is 30.6 Å². The zero-order chi connectivity index (χ0) is 29.6. The monoisotopic (exact) mass is 598 g/mol. The van der Waals surface area contributed by atoms with E-state index in [0.29, 0.717) is 42.9 Å². The molecule has 0 spiro atoms. The van der Waals surface area contributed by atoms with Gasteiger partial charge < -0.3 is 34.1 Å². The zero-order valence-electron chi connectivity index (χ0n) is 25.6. The average Bonchev–Trinajstić information content (AvgIpc) is 3.66. The second kappa shape index (κ2) is 13.1. The smallest absolute Gasteiger partial charge is 0.539 e. The van der Waals surface area contributed by atoms with E-state index in [2.05, 4.69) is 4.98 Å². The van der Waals surface area contributed by atoms with Crippen LogP contribution in [-0.4, -0.2) is 67.9 Å². The van der Waals surface area contributed by atoms with Gasteiger partial charge in [0, 0.05) is 55.8 Å². The number of amides is 2. The summed E-state index contributed by atoms with van der Waals surface area (Å²) in [5.41, 5.74) is 2.75. The number of hydrogen-bond acceptors (Lipinski definition) is 6. The first-order chi connectivity index (χ1) is 20.1. The number of carbonyl (C=O) groups is 2. The van der Waals surface area contributed by atoms with Crippen molar-refractivity contribution in [2.24, 2.45) is 0 Å². The van der Waals surface area contributed by atoms with Gasteiger partial charge in [-0.1, -0.05) is 12.1 Å². The van der Waals surface area contributed by atoms with E-state index in [1.165, 1.54) is 11.0 Å². The minimum absolute atomic E-state index is 0. The molecule has 44 heavy (non-hydrogen) atoms. The Hall–Kier alpha value is -3.65. The molecule has 1 unspecified atom stereocenters. The van der Waals surface area contributed by atoms with Crippen molar-refractivity contribution in [1.29, 1.82) is 0 Å². The van der Waals surface area contributed by atoms with Gasteiger partial charge in [-0.25, -0.2) is 20.5 Å². The fourth-order valence-electron chi connectivity index (χ4n) is 5.96. The molecule has 3 aromatic rings. The molecule has 0 bridgehead atoms. The molecule has 10 nitrogen and oxygen atoms in total. The van der Waals surface area contributed by atoms with Crippen LogP contribution in [0.3, 0.4) is 0 Å². The molecule has 3 aliphatic rings. The van der Waals surface area contributed by atoms with Crippen LogP contribution in [0.4, 0.5) is 9.18 Å². The number of piperidine rings is 1. The maximum Gasteiger partial charge on any atom is 1.00 e. The molecule has 1 aromatic heterocycles. The van der Waals surface area contributed by atoms with Crippen LogP contribution in [0.1, 0.15) is 73.4 Å². The number of carbonyl (C=O) groups excluding carboxylic acids is 3. The minimum Gasteiger partial charge on any atom is -0.539 e. The number of halogens is 1. The summed E-state index contributed by atoms with van der Waals surface area (Å²) in [5, 5.41) is 0. The Morgan fingerprint density at radius 3 is 2.45 bits per heavy atom. The largest absolute Gasteiger partial charge is 1.00 e. The van der Waals surface area contributed by atoms with Gasteiger partial charge >= 0.3 is 25.0 Å². The Balaban J connectivity index is 0.00000221. The van der Waals surface area contributed by atoms with Crippen molar-refractivity contribution in [3.8, 4) is 16.9 Å². The molecule has 228 valence electrons. The van der Waals surface area contributed by atoms with Crippen molar-refractivity contribution in [1.82, 2.24) is 19.4 Å². The van der Waals surface area contributed by atoms with Crippen molar-refractivity contribution in [3.05, 3.63) is 71.1 Å². The number of rotatable bonds is 6. The van der Waals surface area contributed by atoms with Gasteiger partial charge in [-0.2, -0.15) is 0 Å². The molecule has 12 heteroatoms. The van der Waals surface area contributed by atoms with E-state index in [-0.39, 0.29) is 54.2 Å². The number of imidazole rings is 1. The third-order valence-electron chi connectivity index (χ3n) is 8.07. The second-order valence-electron chi connectivity index (χ2n) is 12.1. The number of hydrogen-bond donors (Lipinski definition) is 0. The summed E-state index contributed by atoms with van der Waals surface area (Å²) in [6.07, 6.45) is 6.45. The molecule has 1 atom stereocenters. The van der Waals surface area contributed by atoms with Crippen LogP contribution in [0.5, 0.6) is 5.75 Å². The standard InChI is InChI=1S/C32H34FN4O5.Li.H2O/c1-32(2,3)42-31(40)35-13-10-23(11-14-35)41-22-8-6-20(7-9-22)21-15-24-25(26(33)16-21)17-37(30(24)39)28(18-38)29-27-5-4-12-36(27)19-34-29;;/h6-9,15-16,19,23,28H,4-5,10-14,17H2,1-3H3;;1H2/q-1;+1;. The van der Waals surface area contributed by atoms with Gasteiger partial charge in [-0.05, 0) is 75.0 Å². The molecule has 0 aliphatic carbocycles. The van der Waals surface area contributed by atoms with Crippen LogP contribution in [0.25, 0.3) is 11.1 Å². The summed E-state index contributed by atoms with van der Waals surface area (Å²) in [5.74, 6) is -0.220. The Labute approximate surface area is 268 Å². The Morgan fingerprint density at radius 1 is 1.09 bits per heavy atom. The van der Waals surface area contributed by atoms with E-state index >= 15 is 4.39 Å². The van der Waals surface area contributed by atoms with Crippen molar-refractivity contribution >= 4 is 18.3 Å². The van der Waals surface area contributed by atoms with Gasteiger partial charge in [0.1, 0.15) is 23.3 Å². The summed E-state index contributed by atoms with van der Waals surface area (Å²) in [4.78, 5) is 45.2. The van der Waals surface area contributed by atoms with Crippen molar-refractivity contribution in [3.63, 3.8) is 0 Å². The Kier molecular flexibility index (Phi) is 9.93. The third-order valence-corrected chi connectivity index (χ3v) is 8.07. The van der Waals surface area contributed by atoms with Crippen LogP contribution < -0.4 is 23.6 Å². The van der Waals surface area contributed by atoms with Gasteiger partial charge in [0.2, 0.25) is 0 Å². The average molecular weight is 599 g/mol. The summed E-state index contributed by atoms with van der Waals surface area (Å²) < 4.78 is 28.9. The number of benzene rings is 2. The zero-order valence-corrected chi connectivity index (χ0v) is 25.6. The van der Waals surface area contributed by atoms with Gasteiger partial charge in [-0.15, -0.1) is 0 Å². The van der Waals surface area contributed by atoms with Gasteiger partial charge in [0.25, 0.3) is 5.91 Å². The van der Waals surface area contributed by atoms with Crippen LogP contribution in [0, 0.1) is 5.82 Å². The van der Waals surface area contributed by atoms with Crippen LogP contribution in [0.15, 0.2) is 42.7 Å². The third kappa shape index (κ3) is 6.55. The Bertz CT molecular complexity index is 1530. The molecule has 2 aromatic carbocycles. The molecule has 1 saturated heterocycles. The molecule has 2 N–H and O–H groups in total. The molecule has 4 heterocycles. The molecule has 6 rings (SSSR count). The van der Waals surface area contributed by atoms with E-state index in [1.807, 2.05) is 55.9 Å². The SMILES string of the molecule is CC(C)(C)OC(=O)N1CCC(Oc2ccc(-c3cc(F)c4c(c3)C(=O)N(C([C-]=O)c3ncn5c3CCC5)C4)cc2)CC1.O.[Li+]. The van der Waals surface area contributed by atoms with E-state index in [9.17, 15) is 14.4 Å². The summed E-state index contributed by atoms with van der Waals surface area (Å²) in [6, 6.07) is 9.44. The number of aryl methyl sites for hydroxylation is 1. The molecule has 2 amide bonds.